The molecule has 2 atom stereocenters. The van der Waals surface area contributed by atoms with Gasteiger partial charge in [-0.25, -0.2) is 4.98 Å². The molecule has 1 aliphatic rings. The van der Waals surface area contributed by atoms with Crippen LogP contribution in [0.5, 0.6) is 0 Å². The fourth-order valence-corrected chi connectivity index (χ4v) is 3.35. The van der Waals surface area contributed by atoms with Crippen molar-refractivity contribution in [3.05, 3.63) is 30.1 Å². The third-order valence-corrected chi connectivity index (χ3v) is 4.35. The number of rotatable bonds is 2. The van der Waals surface area contributed by atoms with Crippen LogP contribution >= 0.6 is 0 Å². The predicted octanol–water partition coefficient (Wildman–Crippen LogP) is 3.43. The molecule has 0 radical (unpaired) electrons. The maximum absolute atomic E-state index is 6.44. The van der Waals surface area contributed by atoms with E-state index in [1.54, 1.807) is 0 Å². The van der Waals surface area contributed by atoms with Crippen molar-refractivity contribution in [3.8, 4) is 0 Å². The van der Waals surface area contributed by atoms with E-state index in [0.717, 1.165) is 18.4 Å². The lowest BCUT2D eigenvalue weighted by molar-refractivity contribution is 0.387. The number of imidazole rings is 1. The van der Waals surface area contributed by atoms with Gasteiger partial charge in [0, 0.05) is 12.5 Å². The summed E-state index contributed by atoms with van der Waals surface area (Å²) >= 11 is 0. The molecule has 19 heavy (non-hydrogen) atoms. The first-order valence-electron chi connectivity index (χ1n) is 7.52. The Morgan fingerprint density at radius 3 is 2.84 bits per heavy atom. The zero-order chi connectivity index (χ0) is 13.2. The van der Waals surface area contributed by atoms with Gasteiger partial charge in [-0.1, -0.05) is 38.3 Å². The van der Waals surface area contributed by atoms with E-state index < -0.39 is 0 Å². The molecule has 1 saturated carbocycles. The number of nitrogens with zero attached hydrogens (tertiary/aromatic N) is 2. The van der Waals surface area contributed by atoms with Crippen molar-refractivity contribution in [1.82, 2.24) is 9.55 Å². The van der Waals surface area contributed by atoms with Gasteiger partial charge in [0.2, 0.25) is 0 Å². The van der Waals surface area contributed by atoms with Crippen molar-refractivity contribution in [2.75, 3.05) is 0 Å². The van der Waals surface area contributed by atoms with Crippen LogP contribution in [0.1, 0.15) is 50.9 Å². The van der Waals surface area contributed by atoms with Crippen molar-refractivity contribution in [1.29, 1.82) is 0 Å². The Labute approximate surface area is 114 Å². The largest absolute Gasteiger partial charge is 0.326 e. The predicted molar refractivity (Wildman–Crippen MR) is 79.2 cm³/mol. The minimum atomic E-state index is 0.269. The number of benzene rings is 1. The van der Waals surface area contributed by atoms with Gasteiger partial charge in [0.1, 0.15) is 5.82 Å². The molecule has 0 bridgehead atoms. The van der Waals surface area contributed by atoms with Crippen molar-refractivity contribution in [2.24, 2.45) is 5.73 Å². The molecule has 1 fully saturated rings. The average Bonchev–Trinajstić information content (AvgIpc) is 2.68. The summed E-state index contributed by atoms with van der Waals surface area (Å²) < 4.78 is 2.42. The van der Waals surface area contributed by atoms with Gasteiger partial charge in [0.25, 0.3) is 0 Å². The van der Waals surface area contributed by atoms with Crippen LogP contribution in [-0.4, -0.2) is 15.6 Å². The van der Waals surface area contributed by atoms with Crippen LogP contribution in [0.15, 0.2) is 24.3 Å². The van der Waals surface area contributed by atoms with E-state index >= 15 is 0 Å². The molecule has 3 nitrogen and oxygen atoms in total. The van der Waals surface area contributed by atoms with Crippen molar-refractivity contribution in [3.63, 3.8) is 0 Å². The first-order valence-corrected chi connectivity index (χ1v) is 7.52. The van der Waals surface area contributed by atoms with Gasteiger partial charge in [-0.05, 0) is 25.0 Å². The number of aromatic nitrogens is 2. The molecule has 1 aromatic heterocycles. The highest BCUT2D eigenvalue weighted by molar-refractivity contribution is 5.76. The minimum Gasteiger partial charge on any atom is -0.326 e. The third kappa shape index (κ3) is 2.27. The van der Waals surface area contributed by atoms with Gasteiger partial charge >= 0.3 is 0 Å². The molecule has 3 heteroatoms. The molecular formula is C16H23N3. The molecule has 2 N–H and O–H groups in total. The molecule has 1 aromatic carbocycles. The Hall–Kier alpha value is -1.35. The monoisotopic (exact) mass is 257 g/mol. The Morgan fingerprint density at radius 1 is 1.21 bits per heavy atom. The lowest BCUT2D eigenvalue weighted by Gasteiger charge is -2.25. The normalized spacial score (nSPS) is 24.5. The summed E-state index contributed by atoms with van der Waals surface area (Å²) in [6.45, 7) is 2.18. The van der Waals surface area contributed by atoms with E-state index in [1.807, 2.05) is 0 Å². The van der Waals surface area contributed by atoms with E-state index in [0.29, 0.717) is 6.04 Å². The molecular weight excluding hydrogens is 234 g/mol. The summed E-state index contributed by atoms with van der Waals surface area (Å²) in [6, 6.07) is 9.14. The van der Waals surface area contributed by atoms with Gasteiger partial charge in [-0.15, -0.1) is 0 Å². The summed E-state index contributed by atoms with van der Waals surface area (Å²) in [7, 11) is 0. The highest BCUT2D eigenvalue weighted by atomic mass is 15.1. The van der Waals surface area contributed by atoms with Crippen LogP contribution in [-0.2, 0) is 6.42 Å². The summed E-state index contributed by atoms with van der Waals surface area (Å²) in [6.07, 6.45) is 7.17. The Bertz CT molecular complexity index is 558. The summed E-state index contributed by atoms with van der Waals surface area (Å²) in [5.41, 5.74) is 8.79. The van der Waals surface area contributed by atoms with Gasteiger partial charge < -0.3 is 10.3 Å². The van der Waals surface area contributed by atoms with Crippen molar-refractivity contribution in [2.45, 2.75) is 57.5 Å². The molecule has 0 amide bonds. The first-order chi connectivity index (χ1) is 9.31. The second kappa shape index (κ2) is 5.33. The maximum Gasteiger partial charge on any atom is 0.109 e. The molecule has 0 aliphatic heterocycles. The third-order valence-electron chi connectivity index (χ3n) is 4.35. The molecule has 1 aliphatic carbocycles. The second-order valence-corrected chi connectivity index (χ2v) is 5.61. The van der Waals surface area contributed by atoms with Crippen molar-refractivity contribution < 1.29 is 0 Å². The fourth-order valence-electron chi connectivity index (χ4n) is 3.35. The SMILES string of the molecule is CCc1nc2ccccc2n1C1CCCCCC1N. The molecule has 0 saturated heterocycles. The highest BCUT2D eigenvalue weighted by Gasteiger charge is 2.25. The molecule has 1 heterocycles. The van der Waals surface area contributed by atoms with Crippen LogP contribution in [0.3, 0.4) is 0 Å². The standard InChI is InChI=1S/C16H23N3/c1-2-16-18-13-9-6-7-11-15(13)19(16)14-10-5-3-4-8-12(14)17/h6-7,9,11-12,14H,2-5,8,10,17H2,1H3. The zero-order valence-electron chi connectivity index (χ0n) is 11.7. The van der Waals surface area contributed by atoms with E-state index in [-0.39, 0.29) is 6.04 Å². The number of hydrogen-bond donors (Lipinski definition) is 1. The van der Waals surface area contributed by atoms with Crippen LogP contribution in [0.25, 0.3) is 11.0 Å². The Balaban J connectivity index is 2.11. The van der Waals surface area contributed by atoms with Crippen LogP contribution in [0.2, 0.25) is 0 Å². The first kappa shape index (κ1) is 12.7. The number of aryl methyl sites for hydroxylation is 1. The topological polar surface area (TPSA) is 43.8 Å². The quantitative estimate of drug-likeness (QED) is 0.838. The highest BCUT2D eigenvalue weighted by Crippen LogP contribution is 2.31. The second-order valence-electron chi connectivity index (χ2n) is 5.61. The van der Waals surface area contributed by atoms with Crippen LogP contribution in [0, 0.1) is 0 Å². The number of fused-ring (bicyclic) bond motifs is 1. The lowest BCUT2D eigenvalue weighted by atomic mass is 10.0. The van der Waals surface area contributed by atoms with Gasteiger partial charge in [0.15, 0.2) is 0 Å². The van der Waals surface area contributed by atoms with E-state index in [9.17, 15) is 0 Å². The average molecular weight is 257 g/mol. The molecule has 0 spiro atoms. The summed E-state index contributed by atoms with van der Waals surface area (Å²) in [5, 5.41) is 0. The smallest absolute Gasteiger partial charge is 0.109 e. The van der Waals surface area contributed by atoms with Gasteiger partial charge in [-0.2, -0.15) is 0 Å². The van der Waals surface area contributed by atoms with Crippen LogP contribution in [0.4, 0.5) is 0 Å². The van der Waals surface area contributed by atoms with Gasteiger partial charge in [-0.3, -0.25) is 0 Å². The van der Waals surface area contributed by atoms with E-state index in [1.165, 1.54) is 37.0 Å². The fraction of sp³-hybridized carbons (Fsp3) is 0.562. The zero-order valence-corrected chi connectivity index (χ0v) is 11.7. The molecule has 3 rings (SSSR count). The Kier molecular flexibility index (Phi) is 3.56. The molecule has 2 unspecified atom stereocenters. The van der Waals surface area contributed by atoms with Gasteiger partial charge in [0.05, 0.1) is 17.1 Å². The van der Waals surface area contributed by atoms with Crippen LogP contribution < -0.4 is 5.73 Å². The van der Waals surface area contributed by atoms with E-state index in [2.05, 4.69) is 35.8 Å². The van der Waals surface area contributed by atoms with Crippen molar-refractivity contribution >= 4 is 11.0 Å². The minimum absolute atomic E-state index is 0.269. The Morgan fingerprint density at radius 2 is 2.00 bits per heavy atom. The maximum atomic E-state index is 6.44. The lowest BCUT2D eigenvalue weighted by Crippen LogP contribution is -2.32. The number of nitrogens with two attached hydrogens (primary N) is 1. The number of para-hydroxylation sites is 2. The van der Waals surface area contributed by atoms with E-state index in [4.69, 9.17) is 10.7 Å². The summed E-state index contributed by atoms with van der Waals surface area (Å²) in [4.78, 5) is 4.78. The molecule has 102 valence electrons. The summed E-state index contributed by atoms with van der Waals surface area (Å²) in [5.74, 6) is 1.18. The molecule has 2 aromatic rings. The number of hydrogen-bond acceptors (Lipinski definition) is 2.